The van der Waals surface area contributed by atoms with Gasteiger partial charge in [-0.15, -0.1) is 0 Å². The summed E-state index contributed by atoms with van der Waals surface area (Å²) in [5.41, 5.74) is 3.63. The first-order valence-corrected chi connectivity index (χ1v) is 16.8. The summed E-state index contributed by atoms with van der Waals surface area (Å²) in [4.78, 5) is 0. The van der Waals surface area contributed by atoms with Gasteiger partial charge in [0.15, 0.2) is 12.5 Å². The van der Waals surface area contributed by atoms with Crippen molar-refractivity contribution >= 4 is 71.1 Å². The second kappa shape index (κ2) is 18.9. The summed E-state index contributed by atoms with van der Waals surface area (Å²) in [5.74, 6) is 2.28. The molecule has 7 N–H and O–H groups in total. The first-order valence-electron chi connectivity index (χ1n) is 13.7. The maximum absolute atomic E-state index is 10.2. The standard InChI is InChI=1S/C27H40O3.Ca.2H2O4S.OS.2H/c1-17(6-13-25(29)20-8-9-20)23-11-12-24-19(5-4-14-27(23,24)3)7-10-21-15-22(28)16-26(30)18(21)2;;2*1-5(2,3)4;1-2;;/h6-7,10,13,17,20,22-26,28-30H,2,4-5,8-9,11-12,14-16H2,1,3H3;;2*(H2,1,2,3,4);;;/q;+2;;;;2*-1/b13-6+,19-7+,21-10-;;;;;;/t17-,22-,23-,24+,25-,26+,27-;;;;;;/m1....../s1. The molecular weight excluding hydrogens is 653 g/mol. The van der Waals surface area contributed by atoms with Crippen molar-refractivity contribution in [1.29, 1.82) is 0 Å². The molecule has 7 atom stereocenters. The molecule has 0 aliphatic heterocycles. The molecule has 0 spiro atoms. The predicted molar refractivity (Wildman–Crippen MR) is 166 cm³/mol. The maximum atomic E-state index is 10.2. The van der Waals surface area contributed by atoms with Crippen LogP contribution in [0.2, 0.25) is 0 Å². The van der Waals surface area contributed by atoms with E-state index in [0.717, 1.165) is 17.6 Å². The zero-order valence-corrected chi connectivity index (χ0v) is 29.2. The molecule has 12 nitrogen and oxygen atoms in total. The van der Waals surface area contributed by atoms with Gasteiger partial charge in [-0.1, -0.05) is 50.3 Å². The summed E-state index contributed by atoms with van der Waals surface area (Å²) in [5, 5.41) is 30.4. The Morgan fingerprint density at radius 3 is 2.02 bits per heavy atom. The Balaban J connectivity index is -0.00000102. The molecule has 0 amide bonds. The van der Waals surface area contributed by atoms with Crippen LogP contribution in [0, 0.1) is 29.1 Å². The van der Waals surface area contributed by atoms with E-state index in [1.54, 1.807) is 0 Å². The second-order valence-corrected chi connectivity index (χ2v) is 13.4. The van der Waals surface area contributed by atoms with Gasteiger partial charge in [-0.05, 0) is 91.6 Å². The second-order valence-electron chi connectivity index (χ2n) is 11.6. The van der Waals surface area contributed by atoms with Gasteiger partial charge in [0, 0.05) is 6.42 Å². The van der Waals surface area contributed by atoms with Crippen LogP contribution in [-0.2, 0) is 33.3 Å². The summed E-state index contributed by atoms with van der Waals surface area (Å²) in [6, 6.07) is 0. The molecule has 43 heavy (non-hydrogen) atoms. The van der Waals surface area contributed by atoms with Crippen LogP contribution in [0.1, 0.15) is 74.5 Å². The van der Waals surface area contributed by atoms with E-state index in [0.29, 0.717) is 41.9 Å². The number of hydrogen-bond acceptors (Lipinski definition) is 9. The van der Waals surface area contributed by atoms with Crippen molar-refractivity contribution in [2.75, 3.05) is 0 Å². The monoisotopic (exact) mass is 698 g/mol. The van der Waals surface area contributed by atoms with Gasteiger partial charge in [0.2, 0.25) is 0 Å². The number of hydrogen-bond donors (Lipinski definition) is 7. The van der Waals surface area contributed by atoms with E-state index in [1.807, 2.05) is 0 Å². The van der Waals surface area contributed by atoms with Crippen LogP contribution in [-0.4, -0.2) is 111 Å². The normalized spacial score (nSPS) is 32.2. The fourth-order valence-corrected chi connectivity index (χ4v) is 6.63. The summed E-state index contributed by atoms with van der Waals surface area (Å²) >= 11 is 2.83. The topological polar surface area (TPSA) is 227 Å². The largest absolute Gasteiger partial charge is 2.00 e. The average molecular weight is 699 g/mol. The Hall–Kier alpha value is -0.140. The van der Waals surface area contributed by atoms with Gasteiger partial charge in [0.05, 0.1) is 18.3 Å². The number of rotatable bonds is 5. The van der Waals surface area contributed by atoms with Gasteiger partial charge in [0.1, 0.15) is 0 Å². The van der Waals surface area contributed by atoms with E-state index < -0.39 is 33.0 Å². The van der Waals surface area contributed by atoms with Gasteiger partial charge in [-0.2, -0.15) is 21.0 Å². The fourth-order valence-electron chi connectivity index (χ4n) is 6.63. The molecule has 4 rings (SSSR count). The first-order chi connectivity index (χ1) is 19.3. The molecule has 0 aromatic heterocycles. The Bertz CT molecular complexity index is 1180. The minimum absolute atomic E-state index is 0. The number of fused-ring (bicyclic) bond motifs is 1. The molecule has 0 aromatic carbocycles. The van der Waals surface area contributed by atoms with E-state index in [-0.39, 0.29) is 46.7 Å². The van der Waals surface area contributed by atoms with E-state index in [2.05, 4.69) is 57.3 Å². The molecule has 0 heterocycles. The van der Waals surface area contributed by atoms with E-state index in [1.165, 1.54) is 44.1 Å². The Morgan fingerprint density at radius 1 is 0.977 bits per heavy atom. The van der Waals surface area contributed by atoms with Crippen LogP contribution in [0.4, 0.5) is 0 Å². The van der Waals surface area contributed by atoms with E-state index in [9.17, 15) is 15.3 Å². The van der Waals surface area contributed by atoms with Crippen molar-refractivity contribution in [3.63, 3.8) is 0 Å². The third-order valence-corrected chi connectivity index (χ3v) is 8.65. The van der Waals surface area contributed by atoms with Crippen molar-refractivity contribution < 1.29 is 57.4 Å². The third-order valence-electron chi connectivity index (χ3n) is 8.65. The Morgan fingerprint density at radius 2 is 1.51 bits per heavy atom. The number of allylic oxidation sites excluding steroid dienone is 4. The molecule has 4 saturated carbocycles. The Labute approximate surface area is 293 Å². The van der Waals surface area contributed by atoms with Crippen molar-refractivity contribution in [2.24, 2.45) is 29.1 Å². The molecule has 246 valence electrons. The molecule has 4 aliphatic rings. The van der Waals surface area contributed by atoms with Crippen LogP contribution < -0.4 is 0 Å². The molecule has 0 saturated heterocycles. The number of aliphatic hydroxyl groups is 3. The third kappa shape index (κ3) is 15.8. The average Bonchev–Trinajstić information content (AvgIpc) is 3.64. The summed E-state index contributed by atoms with van der Waals surface area (Å²) in [6.07, 6.45) is 16.9. The van der Waals surface area contributed by atoms with Crippen LogP contribution in [0.5, 0.6) is 0 Å². The smallest absolute Gasteiger partial charge is 1.00 e. The first kappa shape index (κ1) is 42.9. The predicted octanol–water partition coefficient (Wildman–Crippen LogP) is 3.29. The van der Waals surface area contributed by atoms with Crippen molar-refractivity contribution in [3.05, 3.63) is 47.6 Å². The maximum Gasteiger partial charge on any atom is 2.00 e. The molecule has 4 aliphatic carbocycles. The molecule has 0 unspecified atom stereocenters. The van der Waals surface area contributed by atoms with Crippen molar-refractivity contribution in [3.8, 4) is 0 Å². The molecule has 0 radical (unpaired) electrons. The summed E-state index contributed by atoms with van der Waals surface area (Å²) in [6.45, 7) is 8.88. The van der Waals surface area contributed by atoms with Gasteiger partial charge in [-0.25, -0.2) is 0 Å². The fraction of sp³-hybridized carbons (Fsp3) is 0.704. The zero-order chi connectivity index (χ0) is 32.5. The van der Waals surface area contributed by atoms with Crippen molar-refractivity contribution in [2.45, 2.75) is 89.9 Å². The SMILES string of the molecule is C=C1/C(=C\C=C2/CCC[C@]3(C)[C@@H]([C@H](C)/C=C/[C@@H](O)C4CC4)CC[C@@H]23)C[C@@H](O)C[C@@H]1O.O=S.O=S(=O)(O)O.O=S(=O)(O)O.[Ca+2].[H-].[H-]. The van der Waals surface area contributed by atoms with Crippen LogP contribution in [0.25, 0.3) is 0 Å². The Kier molecular flexibility index (Phi) is 18.8. The minimum atomic E-state index is -4.67. The van der Waals surface area contributed by atoms with E-state index in [4.69, 9.17) is 39.3 Å². The van der Waals surface area contributed by atoms with Gasteiger partial charge in [-0.3, -0.25) is 18.2 Å². The number of aliphatic hydroxyl groups excluding tert-OH is 3. The molecule has 4 fully saturated rings. The van der Waals surface area contributed by atoms with Crippen LogP contribution in [0.15, 0.2) is 47.6 Å². The summed E-state index contributed by atoms with van der Waals surface area (Å²) in [7, 11) is -9.33. The molecule has 16 heteroatoms. The molecular formula is C27H46CaO12S3. The van der Waals surface area contributed by atoms with Gasteiger partial charge < -0.3 is 18.2 Å². The van der Waals surface area contributed by atoms with Gasteiger partial charge >= 0.3 is 58.5 Å². The quantitative estimate of drug-likeness (QED) is 0.124. The molecule has 0 bridgehead atoms. The van der Waals surface area contributed by atoms with Crippen LogP contribution >= 0.6 is 0 Å². The molecule has 0 aromatic rings. The zero-order valence-electron chi connectivity index (χ0n) is 26.5. The van der Waals surface area contributed by atoms with Crippen LogP contribution in [0.3, 0.4) is 0 Å². The summed E-state index contributed by atoms with van der Waals surface area (Å²) < 4.78 is 71.0. The van der Waals surface area contributed by atoms with E-state index >= 15 is 0 Å². The van der Waals surface area contributed by atoms with Crippen molar-refractivity contribution in [1.82, 2.24) is 0 Å². The van der Waals surface area contributed by atoms with Gasteiger partial charge in [0.25, 0.3) is 0 Å². The minimum Gasteiger partial charge on any atom is -1.00 e.